The van der Waals surface area contributed by atoms with E-state index in [0.717, 1.165) is 29.5 Å². The lowest BCUT2D eigenvalue weighted by atomic mass is 10.2. The number of H-pyrrole nitrogens is 1. The van der Waals surface area contributed by atoms with Gasteiger partial charge in [0.25, 0.3) is 5.56 Å². The summed E-state index contributed by atoms with van der Waals surface area (Å²) in [5.41, 5.74) is 1.17. The molecule has 150 valence electrons. The number of hydrogen-bond acceptors (Lipinski definition) is 6. The van der Waals surface area contributed by atoms with Gasteiger partial charge in [-0.05, 0) is 44.6 Å². The van der Waals surface area contributed by atoms with E-state index in [9.17, 15) is 9.90 Å². The molecule has 0 fully saturated rings. The van der Waals surface area contributed by atoms with Gasteiger partial charge in [-0.3, -0.25) is 9.69 Å². The van der Waals surface area contributed by atoms with Gasteiger partial charge in [-0.15, -0.1) is 11.3 Å². The van der Waals surface area contributed by atoms with Crippen molar-refractivity contribution in [2.24, 2.45) is 5.92 Å². The van der Waals surface area contributed by atoms with Crippen LogP contribution in [-0.2, 0) is 24.1 Å². The summed E-state index contributed by atoms with van der Waals surface area (Å²) in [4.78, 5) is 24.6. The van der Waals surface area contributed by atoms with Gasteiger partial charge in [-0.25, -0.2) is 4.98 Å². The number of nitrogens with zero attached hydrogens (tertiary/aromatic N) is 2. The van der Waals surface area contributed by atoms with Gasteiger partial charge in [0.1, 0.15) is 10.7 Å². The highest BCUT2D eigenvalue weighted by atomic mass is 32.1. The van der Waals surface area contributed by atoms with Crippen molar-refractivity contribution < 1.29 is 9.84 Å². The van der Waals surface area contributed by atoms with Crippen LogP contribution in [0, 0.1) is 5.92 Å². The van der Waals surface area contributed by atoms with Crippen molar-refractivity contribution in [2.45, 2.75) is 65.6 Å². The summed E-state index contributed by atoms with van der Waals surface area (Å²) in [6.45, 7) is 10.3. The summed E-state index contributed by atoms with van der Waals surface area (Å²) in [5.74, 6) is 1.11. The van der Waals surface area contributed by atoms with Crippen molar-refractivity contribution in [3.05, 3.63) is 26.6 Å². The maximum absolute atomic E-state index is 12.6. The van der Waals surface area contributed by atoms with Crippen LogP contribution in [0.3, 0.4) is 0 Å². The zero-order valence-corrected chi connectivity index (χ0v) is 17.6. The fraction of sp³-hybridized carbons (Fsp3) is 0.700. The highest BCUT2D eigenvalue weighted by Gasteiger charge is 2.22. The molecule has 2 N–H and O–H groups in total. The first-order chi connectivity index (χ1) is 12.8. The van der Waals surface area contributed by atoms with Gasteiger partial charge in [0, 0.05) is 24.1 Å². The second-order valence-electron chi connectivity index (χ2n) is 8.16. The molecule has 1 aliphatic carbocycles. The molecule has 0 amide bonds. The number of aliphatic hydroxyl groups excluding tert-OH is 1. The maximum atomic E-state index is 12.6. The van der Waals surface area contributed by atoms with Crippen molar-refractivity contribution in [2.75, 3.05) is 19.8 Å². The third-order valence-electron chi connectivity index (χ3n) is 4.91. The van der Waals surface area contributed by atoms with Gasteiger partial charge >= 0.3 is 0 Å². The van der Waals surface area contributed by atoms with Crippen molar-refractivity contribution in [3.63, 3.8) is 0 Å². The van der Waals surface area contributed by atoms with Crippen molar-refractivity contribution >= 4 is 21.6 Å². The molecule has 0 aromatic carbocycles. The molecule has 6 nitrogen and oxygen atoms in total. The van der Waals surface area contributed by atoms with E-state index in [0.29, 0.717) is 38.0 Å². The molecular weight excluding hydrogens is 362 g/mol. The van der Waals surface area contributed by atoms with Gasteiger partial charge in [0.05, 0.1) is 24.6 Å². The van der Waals surface area contributed by atoms with E-state index in [2.05, 4.69) is 37.6 Å². The second kappa shape index (κ2) is 8.82. The monoisotopic (exact) mass is 393 g/mol. The van der Waals surface area contributed by atoms with E-state index in [1.807, 2.05) is 0 Å². The smallest absolute Gasteiger partial charge is 0.259 e. The number of thiophene rings is 1. The molecule has 0 aliphatic heterocycles. The molecule has 2 aromatic heterocycles. The third kappa shape index (κ3) is 4.96. The Morgan fingerprint density at radius 3 is 2.74 bits per heavy atom. The molecule has 3 rings (SSSR count). The number of fused-ring (bicyclic) bond motifs is 3. The molecule has 0 unspecified atom stereocenters. The van der Waals surface area contributed by atoms with Crippen LogP contribution < -0.4 is 5.56 Å². The van der Waals surface area contributed by atoms with Crippen molar-refractivity contribution in [1.82, 2.24) is 14.9 Å². The lowest BCUT2D eigenvalue weighted by Gasteiger charge is -2.28. The van der Waals surface area contributed by atoms with Crippen LogP contribution in [0.2, 0.25) is 0 Å². The van der Waals surface area contributed by atoms with Gasteiger partial charge in [-0.2, -0.15) is 0 Å². The highest BCUT2D eigenvalue weighted by molar-refractivity contribution is 7.18. The predicted molar refractivity (Wildman–Crippen MR) is 109 cm³/mol. The zero-order chi connectivity index (χ0) is 19.6. The van der Waals surface area contributed by atoms with Crippen LogP contribution in [0.5, 0.6) is 0 Å². The molecule has 0 radical (unpaired) electrons. The molecule has 7 heteroatoms. The number of aromatic nitrogens is 2. The number of rotatable bonds is 9. The number of nitrogens with one attached hydrogen (secondary N) is 1. The largest absolute Gasteiger partial charge is 0.389 e. The third-order valence-corrected chi connectivity index (χ3v) is 6.10. The zero-order valence-electron chi connectivity index (χ0n) is 16.7. The summed E-state index contributed by atoms with van der Waals surface area (Å²) >= 11 is 1.66. The molecule has 1 atom stereocenters. The molecular formula is C20H31N3O3S. The van der Waals surface area contributed by atoms with E-state index in [1.165, 1.54) is 10.4 Å². The van der Waals surface area contributed by atoms with Crippen LogP contribution in [0.1, 0.15) is 50.4 Å². The minimum Gasteiger partial charge on any atom is -0.389 e. The molecule has 2 heterocycles. The van der Waals surface area contributed by atoms with Crippen LogP contribution in [0.15, 0.2) is 4.79 Å². The summed E-state index contributed by atoms with van der Waals surface area (Å²) < 4.78 is 5.55. The van der Waals surface area contributed by atoms with E-state index in [4.69, 9.17) is 9.72 Å². The lowest BCUT2D eigenvalue weighted by Crippen LogP contribution is -2.39. The maximum Gasteiger partial charge on any atom is 0.259 e. The van der Waals surface area contributed by atoms with Gasteiger partial charge in [-0.1, -0.05) is 13.8 Å². The number of hydrogen-bond donors (Lipinski definition) is 2. The van der Waals surface area contributed by atoms with Crippen LogP contribution in [0.25, 0.3) is 10.2 Å². The summed E-state index contributed by atoms with van der Waals surface area (Å²) in [5, 5.41) is 11.1. The SMILES string of the molecule is CC(C)COC[C@H](O)CN(Cc1nc2sc3c(c2c(=O)[nH]1)CCC3)C(C)C. The molecule has 0 saturated carbocycles. The summed E-state index contributed by atoms with van der Waals surface area (Å²) in [6.07, 6.45) is 2.62. The molecule has 27 heavy (non-hydrogen) atoms. The molecule has 0 bridgehead atoms. The van der Waals surface area contributed by atoms with Crippen molar-refractivity contribution in [1.29, 1.82) is 0 Å². The molecule has 1 aliphatic rings. The van der Waals surface area contributed by atoms with Crippen LogP contribution in [-0.4, -0.2) is 51.9 Å². The van der Waals surface area contributed by atoms with Gasteiger partial charge < -0.3 is 14.8 Å². The van der Waals surface area contributed by atoms with E-state index >= 15 is 0 Å². The number of aryl methyl sites for hydroxylation is 2. The Bertz CT molecular complexity index is 828. The molecule has 0 saturated heterocycles. The Labute approximate surface area is 164 Å². The average molecular weight is 394 g/mol. The average Bonchev–Trinajstić information content (AvgIpc) is 3.14. The fourth-order valence-electron chi connectivity index (χ4n) is 3.54. The lowest BCUT2D eigenvalue weighted by molar-refractivity contribution is 0.00129. The number of ether oxygens (including phenoxy) is 1. The number of aliphatic hydroxyl groups is 1. The second-order valence-corrected chi connectivity index (χ2v) is 9.24. The molecule has 2 aromatic rings. The first-order valence-corrected chi connectivity index (χ1v) is 10.7. The van der Waals surface area contributed by atoms with E-state index in [1.54, 1.807) is 11.3 Å². The first-order valence-electron chi connectivity index (χ1n) is 9.88. The highest BCUT2D eigenvalue weighted by Crippen LogP contribution is 2.34. The minimum atomic E-state index is -0.563. The number of aromatic amines is 1. The van der Waals surface area contributed by atoms with Crippen LogP contribution >= 0.6 is 11.3 Å². The molecule has 0 spiro atoms. The summed E-state index contributed by atoms with van der Waals surface area (Å²) in [6, 6.07) is 0.221. The quantitative estimate of drug-likeness (QED) is 0.685. The summed E-state index contributed by atoms with van der Waals surface area (Å²) in [7, 11) is 0. The van der Waals surface area contributed by atoms with Crippen LogP contribution in [0.4, 0.5) is 0 Å². The normalized spacial score (nSPS) is 15.4. The topological polar surface area (TPSA) is 78.5 Å². The van der Waals surface area contributed by atoms with Crippen molar-refractivity contribution in [3.8, 4) is 0 Å². The van der Waals surface area contributed by atoms with Gasteiger partial charge in [0.15, 0.2) is 0 Å². The van der Waals surface area contributed by atoms with E-state index < -0.39 is 6.10 Å². The standard InChI is InChI=1S/C20H31N3O3S/c1-12(2)10-26-11-14(24)8-23(13(3)4)9-17-21-19(25)18-15-6-5-7-16(15)27-20(18)22-17/h12-14,24H,5-11H2,1-4H3,(H,21,22,25)/t14-/m1/s1. The van der Waals surface area contributed by atoms with E-state index in [-0.39, 0.29) is 11.6 Å². The first kappa shape index (κ1) is 20.5. The Balaban J connectivity index is 1.70. The Morgan fingerprint density at radius 2 is 2.04 bits per heavy atom. The van der Waals surface area contributed by atoms with Gasteiger partial charge in [0.2, 0.25) is 0 Å². The predicted octanol–water partition coefficient (Wildman–Crippen LogP) is 2.72. The fourth-order valence-corrected chi connectivity index (χ4v) is 4.82. The minimum absolute atomic E-state index is 0.0288. The Hall–Kier alpha value is -1.28. The Kier molecular flexibility index (Phi) is 6.68. The Morgan fingerprint density at radius 1 is 1.26 bits per heavy atom.